The third-order valence-electron chi connectivity index (χ3n) is 2.53. The minimum Gasteiger partial charge on any atom is -0.206 e. The topological polar surface area (TPSA) is 0 Å². The maximum atomic E-state index is 13.1. The average Bonchev–Trinajstić information content (AvgIpc) is 2.69. The van der Waals surface area contributed by atoms with E-state index in [2.05, 4.69) is 15.9 Å². The molecule has 0 N–H and O–H groups in total. The molecule has 3 heteroatoms. The zero-order valence-corrected chi connectivity index (χ0v) is 8.47. The van der Waals surface area contributed by atoms with Gasteiger partial charge in [0.05, 0.1) is 5.92 Å². The summed E-state index contributed by atoms with van der Waals surface area (Å²) in [6.45, 7) is 0. The zero-order valence-electron chi connectivity index (χ0n) is 6.88. The SMILES string of the molecule is FC1(F)[C@@H](CBr)[C@@H]1c1ccccc1. The van der Waals surface area contributed by atoms with E-state index in [0.29, 0.717) is 5.33 Å². The number of hydrogen-bond acceptors (Lipinski definition) is 0. The van der Waals surface area contributed by atoms with Gasteiger partial charge in [0.25, 0.3) is 5.92 Å². The van der Waals surface area contributed by atoms with E-state index in [0.717, 1.165) is 5.56 Å². The van der Waals surface area contributed by atoms with E-state index in [1.165, 1.54) is 0 Å². The fourth-order valence-electron chi connectivity index (χ4n) is 1.70. The Hall–Kier alpha value is -0.440. The first-order valence-corrected chi connectivity index (χ1v) is 5.28. The first kappa shape index (κ1) is 9.13. The molecular weight excluding hydrogens is 238 g/mol. The minimum atomic E-state index is -2.51. The molecular formula is C10H9BrF2. The summed E-state index contributed by atoms with van der Waals surface area (Å²) in [5.74, 6) is -3.60. The van der Waals surface area contributed by atoms with Crippen molar-refractivity contribution in [3.63, 3.8) is 0 Å². The summed E-state index contributed by atoms with van der Waals surface area (Å²) in [6, 6.07) is 8.97. The highest BCUT2D eigenvalue weighted by Gasteiger charge is 2.67. The molecule has 1 aliphatic carbocycles. The average molecular weight is 247 g/mol. The van der Waals surface area contributed by atoms with Gasteiger partial charge >= 0.3 is 0 Å². The van der Waals surface area contributed by atoms with E-state index >= 15 is 0 Å². The van der Waals surface area contributed by atoms with Gasteiger partial charge in [-0.2, -0.15) is 0 Å². The van der Waals surface area contributed by atoms with E-state index in [9.17, 15) is 8.78 Å². The molecule has 0 bridgehead atoms. The Morgan fingerprint density at radius 2 is 1.85 bits per heavy atom. The van der Waals surface area contributed by atoms with Gasteiger partial charge < -0.3 is 0 Å². The molecule has 2 atom stereocenters. The van der Waals surface area contributed by atoms with Crippen molar-refractivity contribution >= 4 is 15.9 Å². The molecule has 0 aromatic heterocycles. The summed E-state index contributed by atoms with van der Waals surface area (Å²) < 4.78 is 26.2. The van der Waals surface area contributed by atoms with Crippen LogP contribution in [0.25, 0.3) is 0 Å². The van der Waals surface area contributed by atoms with Gasteiger partial charge in [0, 0.05) is 11.2 Å². The Kier molecular flexibility index (Phi) is 2.14. The number of halogens is 3. The van der Waals surface area contributed by atoms with Crippen molar-refractivity contribution in [2.75, 3.05) is 5.33 Å². The lowest BCUT2D eigenvalue weighted by atomic mass is 10.1. The molecule has 0 radical (unpaired) electrons. The molecule has 0 aliphatic heterocycles. The maximum absolute atomic E-state index is 13.1. The van der Waals surface area contributed by atoms with Crippen LogP contribution in [-0.2, 0) is 0 Å². The van der Waals surface area contributed by atoms with Gasteiger partial charge in [0.2, 0.25) is 0 Å². The third-order valence-corrected chi connectivity index (χ3v) is 3.22. The van der Waals surface area contributed by atoms with Crippen LogP contribution >= 0.6 is 15.9 Å². The van der Waals surface area contributed by atoms with Crippen LogP contribution in [0.4, 0.5) is 8.78 Å². The van der Waals surface area contributed by atoms with E-state index < -0.39 is 17.8 Å². The fourth-order valence-corrected chi connectivity index (χ4v) is 2.50. The Morgan fingerprint density at radius 1 is 1.23 bits per heavy atom. The minimum absolute atomic E-state index is 0.375. The van der Waals surface area contributed by atoms with Crippen LogP contribution in [0.5, 0.6) is 0 Å². The molecule has 1 aromatic carbocycles. The second-order valence-corrected chi connectivity index (χ2v) is 3.97. The Balaban J connectivity index is 2.22. The van der Waals surface area contributed by atoms with Crippen molar-refractivity contribution in [2.24, 2.45) is 5.92 Å². The van der Waals surface area contributed by atoms with Gasteiger partial charge in [-0.05, 0) is 5.56 Å². The highest BCUT2D eigenvalue weighted by molar-refractivity contribution is 9.09. The van der Waals surface area contributed by atoms with Crippen molar-refractivity contribution < 1.29 is 8.78 Å². The predicted molar refractivity (Wildman–Crippen MR) is 51.4 cm³/mol. The molecule has 0 saturated heterocycles. The normalized spacial score (nSPS) is 30.1. The molecule has 1 fully saturated rings. The summed E-state index contributed by atoms with van der Waals surface area (Å²) in [6.07, 6.45) is 0. The van der Waals surface area contributed by atoms with Crippen LogP contribution in [0.15, 0.2) is 30.3 Å². The number of alkyl halides is 3. The Morgan fingerprint density at radius 3 is 2.31 bits per heavy atom. The number of rotatable bonds is 2. The van der Waals surface area contributed by atoms with Crippen molar-refractivity contribution in [1.82, 2.24) is 0 Å². The first-order valence-electron chi connectivity index (χ1n) is 4.16. The van der Waals surface area contributed by atoms with E-state index in [-0.39, 0.29) is 0 Å². The molecule has 0 spiro atoms. The van der Waals surface area contributed by atoms with Crippen LogP contribution in [0.2, 0.25) is 0 Å². The molecule has 2 rings (SSSR count). The van der Waals surface area contributed by atoms with E-state index in [4.69, 9.17) is 0 Å². The second kappa shape index (κ2) is 3.05. The molecule has 0 nitrogen and oxygen atoms in total. The molecule has 1 aromatic rings. The largest absolute Gasteiger partial charge is 0.259 e. The highest BCUT2D eigenvalue weighted by atomic mass is 79.9. The maximum Gasteiger partial charge on any atom is 0.259 e. The smallest absolute Gasteiger partial charge is 0.206 e. The fraction of sp³-hybridized carbons (Fsp3) is 0.400. The first-order chi connectivity index (χ1) is 6.18. The van der Waals surface area contributed by atoms with Crippen LogP contribution in [0.1, 0.15) is 11.5 Å². The van der Waals surface area contributed by atoms with Gasteiger partial charge in [0.1, 0.15) is 0 Å². The standard InChI is InChI=1S/C10H9BrF2/c11-6-8-9(10(8,12)13)7-4-2-1-3-5-7/h1-5,8-9H,6H2/t8-,9-/m0/s1. The number of hydrogen-bond donors (Lipinski definition) is 0. The van der Waals surface area contributed by atoms with Crippen molar-refractivity contribution in [1.29, 1.82) is 0 Å². The van der Waals surface area contributed by atoms with Crippen LogP contribution in [0, 0.1) is 5.92 Å². The molecule has 13 heavy (non-hydrogen) atoms. The lowest BCUT2D eigenvalue weighted by molar-refractivity contribution is 0.0973. The van der Waals surface area contributed by atoms with Gasteiger partial charge in [-0.3, -0.25) is 0 Å². The summed E-state index contributed by atoms with van der Waals surface area (Å²) in [5.41, 5.74) is 0.747. The van der Waals surface area contributed by atoms with E-state index in [1.54, 1.807) is 24.3 Å². The summed E-state index contributed by atoms with van der Waals surface area (Å²) in [7, 11) is 0. The predicted octanol–water partition coefficient (Wildman–Crippen LogP) is 3.43. The van der Waals surface area contributed by atoms with Gasteiger partial charge in [-0.15, -0.1) is 0 Å². The lowest BCUT2D eigenvalue weighted by Gasteiger charge is -1.96. The monoisotopic (exact) mass is 246 g/mol. The summed E-state index contributed by atoms with van der Waals surface area (Å²) in [5, 5.41) is 0.375. The molecule has 0 heterocycles. The highest BCUT2D eigenvalue weighted by Crippen LogP contribution is 2.61. The van der Waals surface area contributed by atoms with Gasteiger partial charge in [0.15, 0.2) is 0 Å². The molecule has 1 aliphatic rings. The Bertz CT molecular complexity index is 297. The molecule has 70 valence electrons. The molecule has 1 saturated carbocycles. The summed E-state index contributed by atoms with van der Waals surface area (Å²) >= 11 is 3.11. The lowest BCUT2D eigenvalue weighted by Crippen LogP contribution is -1.94. The van der Waals surface area contributed by atoms with Crippen molar-refractivity contribution in [2.45, 2.75) is 11.8 Å². The van der Waals surface area contributed by atoms with Crippen LogP contribution in [-0.4, -0.2) is 11.3 Å². The quantitative estimate of drug-likeness (QED) is 0.702. The summed E-state index contributed by atoms with van der Waals surface area (Å²) in [4.78, 5) is 0. The van der Waals surface area contributed by atoms with Gasteiger partial charge in [-0.25, -0.2) is 8.78 Å². The van der Waals surface area contributed by atoms with Crippen molar-refractivity contribution in [3.8, 4) is 0 Å². The zero-order chi connectivity index (χ0) is 9.47. The van der Waals surface area contributed by atoms with Crippen LogP contribution < -0.4 is 0 Å². The molecule has 0 amide bonds. The van der Waals surface area contributed by atoms with Crippen LogP contribution in [0.3, 0.4) is 0 Å². The Labute approximate surface area is 84.1 Å². The van der Waals surface area contributed by atoms with E-state index in [1.807, 2.05) is 6.07 Å². The van der Waals surface area contributed by atoms with Crippen molar-refractivity contribution in [3.05, 3.63) is 35.9 Å². The third kappa shape index (κ3) is 1.39. The second-order valence-electron chi connectivity index (χ2n) is 3.32. The molecule has 0 unspecified atom stereocenters. The van der Waals surface area contributed by atoms with Gasteiger partial charge in [-0.1, -0.05) is 46.3 Å². The number of benzene rings is 1.